The van der Waals surface area contributed by atoms with E-state index >= 15 is 0 Å². The Kier molecular flexibility index (Phi) is 6.59. The zero-order valence-corrected chi connectivity index (χ0v) is 18.3. The number of anilines is 2. The molecule has 0 fully saturated rings. The second kappa shape index (κ2) is 9.72. The molecule has 4 aromatic rings. The summed E-state index contributed by atoms with van der Waals surface area (Å²) in [5.41, 5.74) is 1.35. The Hall–Kier alpha value is -3.23. The van der Waals surface area contributed by atoms with Crippen molar-refractivity contribution in [2.45, 2.75) is 17.8 Å². The number of nitrogens with zero attached hydrogens (tertiary/aromatic N) is 4. The zero-order chi connectivity index (χ0) is 21.6. The molecule has 0 aliphatic heterocycles. The van der Waals surface area contributed by atoms with E-state index in [-0.39, 0.29) is 11.4 Å². The minimum Gasteiger partial charge on any atom is -0.494 e. The fourth-order valence-corrected chi connectivity index (χ4v) is 4.11. The van der Waals surface area contributed by atoms with E-state index in [4.69, 9.17) is 16.3 Å². The van der Waals surface area contributed by atoms with Crippen LogP contribution >= 0.6 is 23.4 Å². The van der Waals surface area contributed by atoms with Gasteiger partial charge in [0.05, 0.1) is 6.61 Å². The van der Waals surface area contributed by atoms with Gasteiger partial charge in [0.15, 0.2) is 0 Å². The minimum atomic E-state index is -0.318. The van der Waals surface area contributed by atoms with E-state index in [0.717, 1.165) is 11.3 Å². The highest BCUT2D eigenvalue weighted by Crippen LogP contribution is 2.25. The number of benzene rings is 2. The first-order chi connectivity index (χ1) is 15.2. The summed E-state index contributed by atoms with van der Waals surface area (Å²) in [6, 6.07) is 18.6. The lowest BCUT2D eigenvalue weighted by Gasteiger charge is -2.14. The van der Waals surface area contributed by atoms with Crippen LogP contribution in [-0.2, 0) is 5.75 Å². The number of hydrogen-bond acceptors (Lipinski definition) is 6. The van der Waals surface area contributed by atoms with E-state index in [1.54, 1.807) is 17.1 Å². The third-order valence-corrected chi connectivity index (χ3v) is 5.71. The molecule has 2 aromatic heterocycles. The third-order valence-electron chi connectivity index (χ3n) is 4.37. The van der Waals surface area contributed by atoms with Gasteiger partial charge in [-0.25, -0.2) is 0 Å². The first-order valence-electron chi connectivity index (χ1n) is 9.65. The lowest BCUT2D eigenvalue weighted by atomic mass is 10.2. The first-order valence-corrected chi connectivity index (χ1v) is 11.0. The standard InChI is InChI=1S/C22H20ClN5O2S/c1-2-30-18-11-9-17(10-12-18)24-20-21(29)28(27-13-5-6-14-27)22(26-25-20)31-15-16-7-3-4-8-19(16)23/h3-14H,2,15H2,1H3,(H,24,25). The SMILES string of the molecule is CCOc1ccc(Nc2nnc(SCc3ccccc3Cl)n(-n3cccc3)c2=O)cc1. The number of ether oxygens (including phenoxy) is 1. The Balaban J connectivity index is 1.63. The highest BCUT2D eigenvalue weighted by molar-refractivity contribution is 7.98. The highest BCUT2D eigenvalue weighted by Gasteiger charge is 2.15. The van der Waals surface area contributed by atoms with Gasteiger partial charge in [-0.3, -0.25) is 9.47 Å². The van der Waals surface area contributed by atoms with Crippen molar-refractivity contribution < 1.29 is 4.74 Å². The average molecular weight is 454 g/mol. The van der Waals surface area contributed by atoms with Crippen molar-refractivity contribution in [1.82, 2.24) is 19.5 Å². The van der Waals surface area contributed by atoms with Gasteiger partial charge >= 0.3 is 5.56 Å². The summed E-state index contributed by atoms with van der Waals surface area (Å²) in [6.45, 7) is 2.52. The highest BCUT2D eigenvalue weighted by atomic mass is 35.5. The Morgan fingerprint density at radius 3 is 2.48 bits per heavy atom. The largest absolute Gasteiger partial charge is 0.494 e. The molecule has 0 aliphatic rings. The van der Waals surface area contributed by atoms with Gasteiger partial charge in [0.25, 0.3) is 0 Å². The monoisotopic (exact) mass is 453 g/mol. The van der Waals surface area contributed by atoms with Crippen LogP contribution < -0.4 is 15.6 Å². The molecule has 0 spiro atoms. The maximum atomic E-state index is 13.3. The van der Waals surface area contributed by atoms with E-state index < -0.39 is 0 Å². The lowest BCUT2D eigenvalue weighted by Crippen LogP contribution is -2.30. The van der Waals surface area contributed by atoms with Crippen LogP contribution in [0.15, 0.2) is 83.0 Å². The molecule has 7 nitrogen and oxygen atoms in total. The quantitative estimate of drug-likeness (QED) is 0.385. The molecule has 0 atom stereocenters. The molecule has 1 N–H and O–H groups in total. The number of aromatic nitrogens is 4. The maximum absolute atomic E-state index is 13.3. The zero-order valence-electron chi connectivity index (χ0n) is 16.7. The van der Waals surface area contributed by atoms with Crippen LogP contribution in [0.4, 0.5) is 11.5 Å². The van der Waals surface area contributed by atoms with Crippen LogP contribution in [0, 0.1) is 0 Å². The molecule has 31 heavy (non-hydrogen) atoms. The topological polar surface area (TPSA) is 74.0 Å². The van der Waals surface area contributed by atoms with Crippen LogP contribution in [0.1, 0.15) is 12.5 Å². The van der Waals surface area contributed by atoms with Gasteiger partial charge in [-0.1, -0.05) is 41.6 Å². The van der Waals surface area contributed by atoms with E-state index in [0.29, 0.717) is 28.2 Å². The van der Waals surface area contributed by atoms with Crippen molar-refractivity contribution >= 4 is 34.9 Å². The summed E-state index contributed by atoms with van der Waals surface area (Å²) in [4.78, 5) is 13.3. The predicted molar refractivity (Wildman–Crippen MR) is 123 cm³/mol. The van der Waals surface area contributed by atoms with Crippen LogP contribution in [0.2, 0.25) is 5.02 Å². The van der Waals surface area contributed by atoms with E-state index in [2.05, 4.69) is 15.5 Å². The first kappa shape index (κ1) is 21.0. The van der Waals surface area contributed by atoms with Crippen molar-refractivity contribution in [3.05, 3.63) is 94.0 Å². The second-order valence-electron chi connectivity index (χ2n) is 6.47. The molecule has 0 amide bonds. The number of hydrogen-bond donors (Lipinski definition) is 1. The van der Waals surface area contributed by atoms with Gasteiger partial charge in [0.1, 0.15) is 5.75 Å². The fraction of sp³-hybridized carbons (Fsp3) is 0.136. The summed E-state index contributed by atoms with van der Waals surface area (Å²) in [5, 5.41) is 12.6. The van der Waals surface area contributed by atoms with Crippen molar-refractivity contribution in [1.29, 1.82) is 0 Å². The Morgan fingerprint density at radius 2 is 1.77 bits per heavy atom. The third kappa shape index (κ3) is 4.92. The number of nitrogens with one attached hydrogen (secondary N) is 1. The molecule has 0 aliphatic carbocycles. The van der Waals surface area contributed by atoms with Gasteiger partial charge < -0.3 is 10.1 Å². The molecular formula is C22H20ClN5O2S. The molecule has 0 radical (unpaired) electrons. The van der Waals surface area contributed by atoms with E-state index in [1.165, 1.54) is 16.4 Å². The summed E-state index contributed by atoms with van der Waals surface area (Å²) in [7, 11) is 0. The van der Waals surface area contributed by atoms with Crippen LogP contribution in [0.3, 0.4) is 0 Å². The smallest absolute Gasteiger partial charge is 0.316 e. The van der Waals surface area contributed by atoms with Gasteiger partial charge in [0.2, 0.25) is 11.0 Å². The summed E-state index contributed by atoms with van der Waals surface area (Å²) < 4.78 is 8.61. The summed E-state index contributed by atoms with van der Waals surface area (Å²) >= 11 is 7.65. The van der Waals surface area contributed by atoms with E-state index in [1.807, 2.05) is 67.6 Å². The number of rotatable bonds is 8. The molecule has 0 saturated heterocycles. The van der Waals surface area contributed by atoms with Gasteiger partial charge in [0, 0.05) is 28.9 Å². The average Bonchev–Trinajstić information content (AvgIpc) is 3.31. The molecule has 2 heterocycles. The second-order valence-corrected chi connectivity index (χ2v) is 7.82. The Labute approximate surface area is 188 Å². The predicted octanol–water partition coefficient (Wildman–Crippen LogP) is 4.84. The van der Waals surface area contributed by atoms with Crippen LogP contribution in [0.25, 0.3) is 0 Å². The van der Waals surface area contributed by atoms with Crippen LogP contribution in [-0.4, -0.2) is 26.2 Å². The van der Waals surface area contributed by atoms with Crippen molar-refractivity contribution in [3.63, 3.8) is 0 Å². The van der Waals surface area contributed by atoms with Gasteiger partial charge in [-0.15, -0.1) is 10.2 Å². The molecule has 0 saturated carbocycles. The maximum Gasteiger partial charge on any atom is 0.316 e. The van der Waals surface area contributed by atoms with Crippen molar-refractivity contribution in [2.24, 2.45) is 0 Å². The van der Waals surface area contributed by atoms with Crippen molar-refractivity contribution in [3.8, 4) is 5.75 Å². The molecular weight excluding hydrogens is 434 g/mol. The van der Waals surface area contributed by atoms with Gasteiger partial charge in [-0.2, -0.15) is 4.68 Å². The molecule has 0 bridgehead atoms. The normalized spacial score (nSPS) is 10.8. The lowest BCUT2D eigenvalue weighted by molar-refractivity contribution is 0.340. The molecule has 0 unspecified atom stereocenters. The molecule has 4 rings (SSSR count). The van der Waals surface area contributed by atoms with Crippen LogP contribution in [0.5, 0.6) is 5.75 Å². The number of thioether (sulfide) groups is 1. The van der Waals surface area contributed by atoms with E-state index in [9.17, 15) is 4.79 Å². The molecule has 2 aromatic carbocycles. The Morgan fingerprint density at radius 1 is 1.03 bits per heavy atom. The fourth-order valence-electron chi connectivity index (χ4n) is 2.89. The summed E-state index contributed by atoms with van der Waals surface area (Å²) in [5.74, 6) is 1.44. The minimum absolute atomic E-state index is 0.125. The number of halogens is 1. The van der Waals surface area contributed by atoms with Gasteiger partial charge in [-0.05, 0) is 55.0 Å². The molecule has 158 valence electrons. The Bertz CT molecular complexity index is 1210. The molecule has 9 heteroatoms. The van der Waals surface area contributed by atoms with Crippen molar-refractivity contribution in [2.75, 3.05) is 11.9 Å². The summed E-state index contributed by atoms with van der Waals surface area (Å²) in [6.07, 6.45) is 3.56.